The molecular formula is C12H20N2O5S. The van der Waals surface area contributed by atoms with Crippen molar-refractivity contribution in [1.29, 1.82) is 0 Å². The van der Waals surface area contributed by atoms with E-state index in [4.69, 9.17) is 14.6 Å². The lowest BCUT2D eigenvalue weighted by Gasteiger charge is -2.07. The van der Waals surface area contributed by atoms with Crippen molar-refractivity contribution >= 4 is 16.0 Å². The van der Waals surface area contributed by atoms with Crippen LogP contribution in [0.3, 0.4) is 0 Å². The normalized spacial score (nSPS) is 11.6. The van der Waals surface area contributed by atoms with Crippen LogP contribution in [0, 0.1) is 0 Å². The van der Waals surface area contributed by atoms with Crippen molar-refractivity contribution in [2.75, 3.05) is 19.8 Å². The number of sulfonamides is 1. The molecule has 0 bridgehead atoms. The molecule has 0 atom stereocenters. The Hall–Kier alpha value is -1.38. The minimum absolute atomic E-state index is 0.0947. The van der Waals surface area contributed by atoms with Crippen LogP contribution in [0.2, 0.25) is 0 Å². The van der Waals surface area contributed by atoms with Crippen LogP contribution in [-0.4, -0.2) is 38.8 Å². The Kier molecular flexibility index (Phi) is 6.18. The number of esters is 1. The highest BCUT2D eigenvalue weighted by Gasteiger charge is 2.19. The van der Waals surface area contributed by atoms with E-state index in [0.717, 1.165) is 6.42 Å². The molecule has 0 aliphatic carbocycles. The van der Waals surface area contributed by atoms with Crippen molar-refractivity contribution in [2.45, 2.75) is 31.7 Å². The van der Waals surface area contributed by atoms with Crippen molar-refractivity contribution in [3.05, 3.63) is 18.0 Å². The van der Waals surface area contributed by atoms with Gasteiger partial charge in [0.05, 0.1) is 6.61 Å². The van der Waals surface area contributed by atoms with Crippen LogP contribution in [0.15, 0.2) is 17.2 Å². The van der Waals surface area contributed by atoms with Crippen LogP contribution < -0.4 is 5.14 Å². The Morgan fingerprint density at radius 3 is 2.60 bits per heavy atom. The highest BCUT2D eigenvalue weighted by atomic mass is 32.2. The van der Waals surface area contributed by atoms with Crippen LogP contribution in [0.4, 0.5) is 0 Å². The zero-order valence-corrected chi connectivity index (χ0v) is 12.5. The molecule has 0 fully saturated rings. The molecule has 0 unspecified atom stereocenters. The fraction of sp³-hybridized carbons (Fsp3) is 0.583. The minimum atomic E-state index is -3.84. The van der Waals surface area contributed by atoms with Gasteiger partial charge in [-0.05, 0) is 19.4 Å². The Balaban J connectivity index is 2.86. The number of aryl methyl sites for hydroxylation is 1. The number of hydrogen-bond acceptors (Lipinski definition) is 5. The predicted molar refractivity (Wildman–Crippen MR) is 72.9 cm³/mol. The molecule has 1 aromatic heterocycles. The fourth-order valence-corrected chi connectivity index (χ4v) is 2.20. The van der Waals surface area contributed by atoms with Gasteiger partial charge in [0.15, 0.2) is 0 Å². The summed E-state index contributed by atoms with van der Waals surface area (Å²) in [6.45, 7) is 5.23. The molecule has 7 nitrogen and oxygen atoms in total. The largest absolute Gasteiger partial charge is 0.459 e. The molecular weight excluding hydrogens is 284 g/mol. The molecule has 1 aromatic rings. The summed E-state index contributed by atoms with van der Waals surface area (Å²) >= 11 is 0. The Morgan fingerprint density at radius 1 is 1.35 bits per heavy atom. The van der Waals surface area contributed by atoms with Gasteiger partial charge in [-0.2, -0.15) is 0 Å². The summed E-state index contributed by atoms with van der Waals surface area (Å²) in [7, 11) is -3.84. The van der Waals surface area contributed by atoms with Crippen LogP contribution in [0.5, 0.6) is 0 Å². The third-order valence-corrected chi connectivity index (χ3v) is 3.42. The number of hydrogen-bond donors (Lipinski definition) is 1. The van der Waals surface area contributed by atoms with Crippen molar-refractivity contribution in [2.24, 2.45) is 5.14 Å². The molecule has 0 saturated heterocycles. The van der Waals surface area contributed by atoms with Crippen LogP contribution in [0.1, 0.15) is 30.8 Å². The number of rotatable bonds is 8. The third-order valence-electron chi connectivity index (χ3n) is 2.54. The Bertz CT molecular complexity index is 550. The lowest BCUT2D eigenvalue weighted by atomic mass is 10.4. The maximum atomic E-state index is 11.9. The SMILES string of the molecule is CCCn1cc(S(N)(=O)=O)cc1C(=O)OCCOCC. The second kappa shape index (κ2) is 7.41. The van der Waals surface area contributed by atoms with Gasteiger partial charge in [0, 0.05) is 19.3 Å². The van der Waals surface area contributed by atoms with Gasteiger partial charge in [-0.3, -0.25) is 0 Å². The average molecular weight is 304 g/mol. The number of aromatic nitrogens is 1. The summed E-state index contributed by atoms with van der Waals surface area (Å²) in [5.41, 5.74) is 0.173. The van der Waals surface area contributed by atoms with E-state index >= 15 is 0 Å². The van der Waals surface area contributed by atoms with Crippen LogP contribution in [-0.2, 0) is 26.0 Å². The third kappa shape index (κ3) is 4.62. The first kappa shape index (κ1) is 16.7. The van der Waals surface area contributed by atoms with Crippen LogP contribution >= 0.6 is 0 Å². The number of carbonyl (C=O) groups is 1. The molecule has 1 rings (SSSR count). The van der Waals surface area contributed by atoms with E-state index in [2.05, 4.69) is 0 Å². The predicted octanol–water partition coefficient (Wildman–Crippen LogP) is 0.739. The Morgan fingerprint density at radius 2 is 2.05 bits per heavy atom. The first-order valence-electron chi connectivity index (χ1n) is 6.38. The van der Waals surface area contributed by atoms with E-state index in [9.17, 15) is 13.2 Å². The van der Waals surface area contributed by atoms with Crippen molar-refractivity contribution < 1.29 is 22.7 Å². The maximum absolute atomic E-state index is 11.9. The number of ether oxygens (including phenoxy) is 2. The topological polar surface area (TPSA) is 101 Å². The van der Waals surface area contributed by atoms with E-state index in [1.165, 1.54) is 16.8 Å². The number of primary sulfonamides is 1. The fourth-order valence-electron chi connectivity index (χ4n) is 1.65. The number of nitrogens with zero attached hydrogens (tertiary/aromatic N) is 1. The highest BCUT2D eigenvalue weighted by molar-refractivity contribution is 7.89. The zero-order chi connectivity index (χ0) is 15.2. The van der Waals surface area contributed by atoms with Gasteiger partial charge in [-0.1, -0.05) is 6.92 Å². The summed E-state index contributed by atoms with van der Waals surface area (Å²) in [4.78, 5) is 11.8. The van der Waals surface area contributed by atoms with Crippen LogP contribution in [0.25, 0.3) is 0 Å². The molecule has 0 aliphatic heterocycles. The zero-order valence-electron chi connectivity index (χ0n) is 11.7. The van der Waals surface area contributed by atoms with E-state index < -0.39 is 16.0 Å². The smallest absolute Gasteiger partial charge is 0.355 e. The maximum Gasteiger partial charge on any atom is 0.355 e. The monoisotopic (exact) mass is 304 g/mol. The number of carbonyl (C=O) groups excluding carboxylic acids is 1. The standard InChI is InChI=1S/C12H20N2O5S/c1-3-5-14-9-10(20(13,16)17)8-11(14)12(15)19-7-6-18-4-2/h8-9H,3-7H2,1-2H3,(H2,13,16,17). The van der Waals surface area contributed by atoms with Crippen molar-refractivity contribution in [1.82, 2.24) is 4.57 Å². The summed E-state index contributed by atoms with van der Waals surface area (Å²) in [5.74, 6) is -0.590. The summed E-state index contributed by atoms with van der Waals surface area (Å²) < 4.78 is 34.2. The summed E-state index contributed by atoms with van der Waals surface area (Å²) in [5, 5.41) is 5.06. The molecule has 114 valence electrons. The summed E-state index contributed by atoms with van der Waals surface area (Å²) in [6.07, 6.45) is 2.09. The van der Waals surface area contributed by atoms with E-state index in [1.54, 1.807) is 0 Å². The Labute approximate surface area is 118 Å². The molecule has 20 heavy (non-hydrogen) atoms. The first-order valence-corrected chi connectivity index (χ1v) is 7.92. The molecule has 8 heteroatoms. The average Bonchev–Trinajstić information content (AvgIpc) is 2.79. The second-order valence-electron chi connectivity index (χ2n) is 4.13. The van der Waals surface area contributed by atoms with Gasteiger partial charge in [0.25, 0.3) is 0 Å². The quantitative estimate of drug-likeness (QED) is 0.564. The molecule has 0 aliphatic rings. The molecule has 0 spiro atoms. The first-order chi connectivity index (χ1) is 9.40. The molecule has 0 saturated carbocycles. The van der Waals surface area contributed by atoms with E-state index in [1.807, 2.05) is 13.8 Å². The molecule has 1 heterocycles. The molecule has 0 radical (unpaired) electrons. The van der Waals surface area contributed by atoms with E-state index in [-0.39, 0.29) is 17.2 Å². The summed E-state index contributed by atoms with van der Waals surface area (Å²) in [6, 6.07) is 1.23. The molecule has 0 aromatic carbocycles. The van der Waals surface area contributed by atoms with Gasteiger partial charge in [0.2, 0.25) is 10.0 Å². The van der Waals surface area contributed by atoms with Gasteiger partial charge in [-0.15, -0.1) is 0 Å². The van der Waals surface area contributed by atoms with Gasteiger partial charge in [-0.25, -0.2) is 18.4 Å². The molecule has 0 amide bonds. The van der Waals surface area contributed by atoms with Gasteiger partial charge >= 0.3 is 5.97 Å². The lowest BCUT2D eigenvalue weighted by molar-refractivity contribution is 0.0324. The second-order valence-corrected chi connectivity index (χ2v) is 5.69. The van der Waals surface area contributed by atoms with Crippen molar-refractivity contribution in [3.63, 3.8) is 0 Å². The lowest BCUT2D eigenvalue weighted by Crippen LogP contribution is -2.14. The highest BCUT2D eigenvalue weighted by Crippen LogP contribution is 2.15. The van der Waals surface area contributed by atoms with Crippen molar-refractivity contribution in [3.8, 4) is 0 Å². The van der Waals surface area contributed by atoms with E-state index in [0.29, 0.717) is 19.8 Å². The minimum Gasteiger partial charge on any atom is -0.459 e. The molecule has 2 N–H and O–H groups in total. The van der Waals surface area contributed by atoms with Gasteiger partial charge < -0.3 is 14.0 Å². The number of nitrogens with two attached hydrogens (primary N) is 1. The van der Waals surface area contributed by atoms with Gasteiger partial charge in [0.1, 0.15) is 17.2 Å².